The molecule has 3 aromatic rings. The van der Waals surface area contributed by atoms with Crippen LogP contribution in [0.2, 0.25) is 0 Å². The summed E-state index contributed by atoms with van der Waals surface area (Å²) in [4.78, 5) is 25.7. The van der Waals surface area contributed by atoms with E-state index in [1.165, 1.54) is 29.5 Å². The summed E-state index contributed by atoms with van der Waals surface area (Å²) < 4.78 is 24.4. The quantitative estimate of drug-likeness (QED) is 0.363. The summed E-state index contributed by atoms with van der Waals surface area (Å²) in [7, 11) is 0. The molecule has 0 unspecified atom stereocenters. The number of allylic oxidation sites excluding steroid dienone is 1. The highest BCUT2D eigenvalue weighted by Crippen LogP contribution is 2.39. The molecule has 0 aliphatic carbocycles. The van der Waals surface area contributed by atoms with E-state index >= 15 is 0 Å². The van der Waals surface area contributed by atoms with Crippen molar-refractivity contribution in [3.05, 3.63) is 87.1 Å². The van der Waals surface area contributed by atoms with Crippen LogP contribution in [-0.4, -0.2) is 11.8 Å². The molecule has 2 aromatic carbocycles. The molecule has 0 bridgehead atoms. The molecule has 27 heavy (non-hydrogen) atoms. The Balaban J connectivity index is 1.62. The van der Waals surface area contributed by atoms with Crippen LogP contribution in [0.1, 0.15) is 31.2 Å². The smallest absolute Gasteiger partial charge is 0.343 e. The number of esters is 1. The van der Waals surface area contributed by atoms with Crippen molar-refractivity contribution < 1.29 is 23.5 Å². The highest BCUT2D eigenvalue weighted by molar-refractivity contribution is 7.10. The second-order valence-corrected chi connectivity index (χ2v) is 6.90. The molecule has 134 valence electrons. The average Bonchev–Trinajstić information content (AvgIpc) is 3.27. The minimum Gasteiger partial charge on any atom is -0.452 e. The van der Waals surface area contributed by atoms with Gasteiger partial charge in [0.15, 0.2) is 5.76 Å². The lowest BCUT2D eigenvalue weighted by atomic mass is 10.1. The summed E-state index contributed by atoms with van der Waals surface area (Å²) in [5.41, 5.74) is 1.05. The number of hydrogen-bond acceptors (Lipinski definition) is 5. The molecule has 0 spiro atoms. The molecular weight excluding hydrogens is 367 g/mol. The summed E-state index contributed by atoms with van der Waals surface area (Å²) in [6.45, 7) is 1.70. The maximum atomic E-state index is 13.3. The summed E-state index contributed by atoms with van der Waals surface area (Å²) in [6.07, 6.45) is 1.69. The standard InChI is InChI=1S/C21H13FO4S/c1-12-17(26-21(24)13-4-2-5-14(22)10-13)8-7-16-19(23)18(25-20(12)16)11-15-6-3-9-27-15/h2-11H,1H3/b18-11-. The molecule has 2 heterocycles. The Morgan fingerprint density at radius 3 is 2.78 bits per heavy atom. The van der Waals surface area contributed by atoms with Crippen LogP contribution in [0.5, 0.6) is 11.5 Å². The van der Waals surface area contributed by atoms with Crippen LogP contribution in [0.15, 0.2) is 59.7 Å². The van der Waals surface area contributed by atoms with Gasteiger partial charge in [-0.15, -0.1) is 11.3 Å². The normalized spacial score (nSPS) is 14.1. The zero-order chi connectivity index (χ0) is 19.0. The second kappa shape index (κ2) is 6.81. The Kier molecular flexibility index (Phi) is 4.33. The van der Waals surface area contributed by atoms with Gasteiger partial charge in [-0.1, -0.05) is 12.1 Å². The number of carbonyl (C=O) groups excluding carboxylic acids is 2. The van der Waals surface area contributed by atoms with Crippen LogP contribution in [0.3, 0.4) is 0 Å². The van der Waals surface area contributed by atoms with E-state index in [4.69, 9.17) is 9.47 Å². The third kappa shape index (κ3) is 3.27. The van der Waals surface area contributed by atoms with Crippen molar-refractivity contribution in [2.24, 2.45) is 0 Å². The summed E-state index contributed by atoms with van der Waals surface area (Å²) >= 11 is 1.50. The van der Waals surface area contributed by atoms with Crippen LogP contribution in [0.25, 0.3) is 6.08 Å². The SMILES string of the molecule is Cc1c(OC(=O)c2cccc(F)c2)ccc2c1O/C(=C\c1cccs1)C2=O. The maximum absolute atomic E-state index is 13.3. The van der Waals surface area contributed by atoms with Crippen molar-refractivity contribution in [1.29, 1.82) is 0 Å². The molecule has 0 saturated heterocycles. The monoisotopic (exact) mass is 380 g/mol. The van der Waals surface area contributed by atoms with Gasteiger partial charge in [-0.05, 0) is 48.7 Å². The zero-order valence-corrected chi connectivity index (χ0v) is 15.0. The van der Waals surface area contributed by atoms with E-state index in [2.05, 4.69) is 0 Å². The minimum atomic E-state index is -0.684. The van der Waals surface area contributed by atoms with E-state index in [-0.39, 0.29) is 22.9 Å². The number of halogens is 1. The van der Waals surface area contributed by atoms with Crippen LogP contribution in [0, 0.1) is 12.7 Å². The fraction of sp³-hybridized carbons (Fsp3) is 0.0476. The van der Waals surface area contributed by atoms with Gasteiger partial charge in [0.05, 0.1) is 11.1 Å². The summed E-state index contributed by atoms with van der Waals surface area (Å²) in [5.74, 6) is -0.571. The lowest BCUT2D eigenvalue weighted by Crippen LogP contribution is -2.09. The molecule has 6 heteroatoms. The Morgan fingerprint density at radius 1 is 1.19 bits per heavy atom. The van der Waals surface area contributed by atoms with Crippen LogP contribution in [0.4, 0.5) is 4.39 Å². The zero-order valence-electron chi connectivity index (χ0n) is 14.2. The van der Waals surface area contributed by atoms with Gasteiger partial charge in [0.25, 0.3) is 0 Å². The predicted octanol–water partition coefficient (Wildman–Crippen LogP) is 5.03. The minimum absolute atomic E-state index is 0.102. The molecule has 0 atom stereocenters. The number of benzene rings is 2. The number of Topliss-reactive ketones (excluding diaryl/α,β-unsaturated/α-hetero) is 1. The Labute approximate surface area is 158 Å². The predicted molar refractivity (Wildman–Crippen MR) is 99.8 cm³/mol. The highest BCUT2D eigenvalue weighted by atomic mass is 32.1. The van der Waals surface area contributed by atoms with Crippen LogP contribution in [-0.2, 0) is 0 Å². The third-order valence-corrected chi connectivity index (χ3v) is 4.94. The lowest BCUT2D eigenvalue weighted by molar-refractivity contribution is 0.0732. The highest BCUT2D eigenvalue weighted by Gasteiger charge is 2.30. The second-order valence-electron chi connectivity index (χ2n) is 5.92. The van der Waals surface area contributed by atoms with Gasteiger partial charge in [0.1, 0.15) is 17.3 Å². The first-order chi connectivity index (χ1) is 13.0. The maximum Gasteiger partial charge on any atom is 0.343 e. The van der Waals surface area contributed by atoms with E-state index in [1.807, 2.05) is 17.5 Å². The molecule has 0 N–H and O–H groups in total. The average molecular weight is 380 g/mol. The van der Waals surface area contributed by atoms with Crippen molar-refractivity contribution in [3.8, 4) is 11.5 Å². The Hall–Kier alpha value is -3.25. The van der Waals surface area contributed by atoms with Crippen molar-refractivity contribution in [1.82, 2.24) is 0 Å². The van der Waals surface area contributed by atoms with Crippen molar-refractivity contribution in [3.63, 3.8) is 0 Å². The Bertz CT molecular complexity index is 1080. The first-order valence-electron chi connectivity index (χ1n) is 8.12. The van der Waals surface area contributed by atoms with Gasteiger partial charge in [0, 0.05) is 16.5 Å². The topological polar surface area (TPSA) is 52.6 Å². The van der Waals surface area contributed by atoms with Gasteiger partial charge in [-0.25, -0.2) is 9.18 Å². The van der Waals surface area contributed by atoms with Gasteiger partial charge in [-0.2, -0.15) is 0 Å². The van der Waals surface area contributed by atoms with Gasteiger partial charge >= 0.3 is 5.97 Å². The molecule has 0 amide bonds. The van der Waals surface area contributed by atoms with Crippen LogP contribution >= 0.6 is 11.3 Å². The molecular formula is C21H13FO4S. The van der Waals surface area contributed by atoms with E-state index in [0.717, 1.165) is 10.9 Å². The van der Waals surface area contributed by atoms with E-state index in [0.29, 0.717) is 16.9 Å². The first kappa shape index (κ1) is 17.2. The Morgan fingerprint density at radius 2 is 2.04 bits per heavy atom. The third-order valence-electron chi connectivity index (χ3n) is 4.12. The molecule has 0 fully saturated rings. The van der Waals surface area contributed by atoms with Gasteiger partial charge < -0.3 is 9.47 Å². The number of ether oxygens (including phenoxy) is 2. The number of hydrogen-bond donors (Lipinski definition) is 0. The van der Waals surface area contributed by atoms with Crippen molar-refractivity contribution >= 4 is 29.2 Å². The van der Waals surface area contributed by atoms with E-state index < -0.39 is 11.8 Å². The van der Waals surface area contributed by atoms with E-state index in [1.54, 1.807) is 25.1 Å². The van der Waals surface area contributed by atoms with Gasteiger partial charge in [0.2, 0.25) is 5.78 Å². The molecule has 1 aliphatic heterocycles. The number of rotatable bonds is 3. The molecule has 4 rings (SSSR count). The van der Waals surface area contributed by atoms with Crippen molar-refractivity contribution in [2.75, 3.05) is 0 Å². The summed E-state index contributed by atoms with van der Waals surface area (Å²) in [6, 6.07) is 12.1. The molecule has 0 radical (unpaired) electrons. The molecule has 4 nitrogen and oxygen atoms in total. The largest absolute Gasteiger partial charge is 0.452 e. The summed E-state index contributed by atoms with van der Waals surface area (Å²) in [5, 5.41) is 1.91. The van der Waals surface area contributed by atoms with Gasteiger partial charge in [-0.3, -0.25) is 4.79 Å². The number of thiophene rings is 1. The first-order valence-corrected chi connectivity index (χ1v) is 9.00. The number of fused-ring (bicyclic) bond motifs is 1. The number of ketones is 1. The molecule has 1 aromatic heterocycles. The number of carbonyl (C=O) groups is 2. The molecule has 1 aliphatic rings. The fourth-order valence-electron chi connectivity index (χ4n) is 2.76. The van der Waals surface area contributed by atoms with E-state index in [9.17, 15) is 14.0 Å². The van der Waals surface area contributed by atoms with Crippen LogP contribution < -0.4 is 9.47 Å². The lowest BCUT2D eigenvalue weighted by Gasteiger charge is -2.10. The molecule has 0 saturated carbocycles. The van der Waals surface area contributed by atoms with Crippen molar-refractivity contribution in [2.45, 2.75) is 6.92 Å². The fourth-order valence-corrected chi connectivity index (χ4v) is 3.40.